The second kappa shape index (κ2) is 7.47. The average Bonchev–Trinajstić information content (AvgIpc) is 2.95. The van der Waals surface area contributed by atoms with Gasteiger partial charge < -0.3 is 9.88 Å². The summed E-state index contributed by atoms with van der Waals surface area (Å²) in [4.78, 5) is 4.66. The highest BCUT2D eigenvalue weighted by Gasteiger charge is 2.16. The van der Waals surface area contributed by atoms with Crippen LogP contribution in [0.3, 0.4) is 0 Å². The Morgan fingerprint density at radius 1 is 0.964 bits per heavy atom. The molecule has 3 nitrogen and oxygen atoms in total. The summed E-state index contributed by atoms with van der Waals surface area (Å²) in [5.74, 6) is -0.232. The monoisotopic (exact) mass is 373 g/mol. The minimum atomic E-state index is -0.232. The van der Waals surface area contributed by atoms with Crippen molar-refractivity contribution in [2.24, 2.45) is 0 Å². The lowest BCUT2D eigenvalue weighted by atomic mass is 10.1. The molecule has 0 aliphatic heterocycles. The third-order valence-electron chi connectivity index (χ3n) is 5.52. The lowest BCUT2D eigenvalue weighted by molar-refractivity contribution is 0.628. The molecule has 0 radical (unpaired) electrons. The fraction of sp³-hybridized carbons (Fsp3) is 0.208. The van der Waals surface area contributed by atoms with Gasteiger partial charge in [0.05, 0.1) is 17.8 Å². The van der Waals surface area contributed by atoms with Crippen molar-refractivity contribution in [2.45, 2.75) is 33.9 Å². The van der Waals surface area contributed by atoms with E-state index in [0.717, 1.165) is 23.4 Å². The van der Waals surface area contributed by atoms with Crippen molar-refractivity contribution in [2.75, 3.05) is 5.32 Å². The molecule has 0 aliphatic carbocycles. The number of anilines is 1. The standard InChI is InChI=1S/C24H24FN3/c1-16-6-4-5-7-19(16)15-28-18(3)17(2)22-12-13-26-23(24(22)28)14-27-21-10-8-20(25)9-11-21/h4-13,27H,14-15H2,1-3H3. The van der Waals surface area contributed by atoms with E-state index in [9.17, 15) is 4.39 Å². The lowest BCUT2D eigenvalue weighted by Crippen LogP contribution is -2.08. The summed E-state index contributed by atoms with van der Waals surface area (Å²) >= 11 is 0. The van der Waals surface area contributed by atoms with Gasteiger partial charge in [-0.2, -0.15) is 0 Å². The van der Waals surface area contributed by atoms with Gasteiger partial charge >= 0.3 is 0 Å². The number of nitrogens with zero attached hydrogens (tertiary/aromatic N) is 2. The Balaban J connectivity index is 1.74. The molecule has 2 aromatic heterocycles. The van der Waals surface area contributed by atoms with Crippen LogP contribution in [0.1, 0.15) is 28.1 Å². The Hall–Kier alpha value is -3.14. The van der Waals surface area contributed by atoms with Crippen molar-refractivity contribution < 1.29 is 4.39 Å². The minimum Gasteiger partial charge on any atom is -0.379 e. The van der Waals surface area contributed by atoms with E-state index in [0.29, 0.717) is 6.54 Å². The van der Waals surface area contributed by atoms with Crippen LogP contribution in [-0.4, -0.2) is 9.55 Å². The van der Waals surface area contributed by atoms with E-state index in [-0.39, 0.29) is 5.82 Å². The van der Waals surface area contributed by atoms with Crippen LogP contribution in [0.2, 0.25) is 0 Å². The number of pyridine rings is 1. The molecule has 2 aromatic carbocycles. The highest BCUT2D eigenvalue weighted by molar-refractivity contribution is 5.87. The van der Waals surface area contributed by atoms with Gasteiger partial charge in [-0.25, -0.2) is 4.39 Å². The molecule has 0 unspecified atom stereocenters. The molecule has 1 N–H and O–H groups in total. The number of fused-ring (bicyclic) bond motifs is 1. The van der Waals surface area contributed by atoms with Crippen LogP contribution in [0.25, 0.3) is 10.9 Å². The summed E-state index contributed by atoms with van der Waals surface area (Å²) in [7, 11) is 0. The first kappa shape index (κ1) is 18.2. The Bertz CT molecular complexity index is 1130. The number of aryl methyl sites for hydroxylation is 2. The Morgan fingerprint density at radius 2 is 1.71 bits per heavy atom. The number of nitrogens with one attached hydrogen (secondary N) is 1. The number of aromatic nitrogens is 2. The molecule has 142 valence electrons. The van der Waals surface area contributed by atoms with Gasteiger partial charge in [-0.05, 0) is 67.8 Å². The average molecular weight is 373 g/mol. The summed E-state index contributed by atoms with van der Waals surface area (Å²) in [6, 6.07) is 17.0. The Labute approximate surface area is 164 Å². The van der Waals surface area contributed by atoms with Crippen molar-refractivity contribution in [3.8, 4) is 0 Å². The van der Waals surface area contributed by atoms with Gasteiger partial charge in [0, 0.05) is 29.5 Å². The van der Waals surface area contributed by atoms with Gasteiger partial charge in [-0.3, -0.25) is 4.98 Å². The summed E-state index contributed by atoms with van der Waals surface area (Å²) in [5.41, 5.74) is 8.18. The molecule has 0 spiro atoms. The van der Waals surface area contributed by atoms with Crippen molar-refractivity contribution in [1.82, 2.24) is 9.55 Å². The van der Waals surface area contributed by atoms with Crippen molar-refractivity contribution in [3.05, 3.63) is 94.7 Å². The van der Waals surface area contributed by atoms with E-state index in [1.54, 1.807) is 12.1 Å². The van der Waals surface area contributed by atoms with Crippen LogP contribution >= 0.6 is 0 Å². The van der Waals surface area contributed by atoms with E-state index >= 15 is 0 Å². The maximum Gasteiger partial charge on any atom is 0.123 e. The lowest BCUT2D eigenvalue weighted by Gasteiger charge is -2.14. The molecule has 2 heterocycles. The summed E-state index contributed by atoms with van der Waals surface area (Å²) in [5, 5.41) is 4.60. The van der Waals surface area contributed by atoms with Gasteiger partial charge in [0.25, 0.3) is 0 Å². The number of rotatable bonds is 5. The molecule has 0 fully saturated rings. The summed E-state index contributed by atoms with van der Waals surface area (Å²) < 4.78 is 15.5. The molecule has 0 saturated heterocycles. The first-order chi connectivity index (χ1) is 13.5. The highest BCUT2D eigenvalue weighted by Crippen LogP contribution is 2.28. The predicted molar refractivity (Wildman–Crippen MR) is 113 cm³/mol. The normalized spacial score (nSPS) is 11.1. The predicted octanol–water partition coefficient (Wildman–Crippen LogP) is 5.76. The van der Waals surface area contributed by atoms with Crippen molar-refractivity contribution >= 4 is 16.6 Å². The number of halogens is 1. The smallest absolute Gasteiger partial charge is 0.123 e. The fourth-order valence-corrected chi connectivity index (χ4v) is 3.70. The SMILES string of the molecule is Cc1ccccc1Cn1c(C)c(C)c2ccnc(CNc3ccc(F)cc3)c21. The topological polar surface area (TPSA) is 29.9 Å². The second-order valence-electron chi connectivity index (χ2n) is 7.24. The molecule has 4 aromatic rings. The second-order valence-corrected chi connectivity index (χ2v) is 7.24. The van der Waals surface area contributed by atoms with Crippen molar-refractivity contribution in [1.29, 1.82) is 0 Å². The maximum absolute atomic E-state index is 13.2. The summed E-state index contributed by atoms with van der Waals surface area (Å²) in [6.07, 6.45) is 1.87. The molecular weight excluding hydrogens is 349 g/mol. The molecular formula is C24H24FN3. The van der Waals surface area contributed by atoms with E-state index in [2.05, 4.69) is 66.0 Å². The molecule has 4 heteroatoms. The number of hydrogen-bond acceptors (Lipinski definition) is 2. The van der Waals surface area contributed by atoms with E-state index in [1.807, 2.05) is 6.20 Å². The van der Waals surface area contributed by atoms with Crippen molar-refractivity contribution in [3.63, 3.8) is 0 Å². The zero-order valence-electron chi connectivity index (χ0n) is 16.5. The molecule has 4 rings (SSSR count). The third-order valence-corrected chi connectivity index (χ3v) is 5.52. The Morgan fingerprint density at radius 3 is 2.46 bits per heavy atom. The maximum atomic E-state index is 13.2. The van der Waals surface area contributed by atoms with Gasteiger partial charge in [-0.15, -0.1) is 0 Å². The zero-order valence-corrected chi connectivity index (χ0v) is 16.5. The third kappa shape index (κ3) is 3.38. The fourth-order valence-electron chi connectivity index (χ4n) is 3.70. The van der Waals surface area contributed by atoms with Crippen LogP contribution in [0.5, 0.6) is 0 Å². The van der Waals surface area contributed by atoms with Crippen LogP contribution in [0.15, 0.2) is 60.8 Å². The minimum absolute atomic E-state index is 0.232. The number of hydrogen-bond donors (Lipinski definition) is 1. The summed E-state index contributed by atoms with van der Waals surface area (Å²) in [6.45, 7) is 7.89. The quantitative estimate of drug-likeness (QED) is 0.482. The Kier molecular flexibility index (Phi) is 4.86. The van der Waals surface area contributed by atoms with E-state index in [1.165, 1.54) is 39.9 Å². The van der Waals surface area contributed by atoms with Gasteiger partial charge in [0.15, 0.2) is 0 Å². The van der Waals surface area contributed by atoms with Gasteiger partial charge in [0.1, 0.15) is 5.82 Å². The van der Waals surface area contributed by atoms with Crippen LogP contribution in [-0.2, 0) is 13.1 Å². The molecule has 28 heavy (non-hydrogen) atoms. The van der Waals surface area contributed by atoms with Gasteiger partial charge in [0.2, 0.25) is 0 Å². The largest absolute Gasteiger partial charge is 0.379 e. The molecule has 0 amide bonds. The molecule has 0 bridgehead atoms. The molecule has 0 aliphatic rings. The van der Waals surface area contributed by atoms with Gasteiger partial charge in [-0.1, -0.05) is 24.3 Å². The first-order valence-electron chi connectivity index (χ1n) is 9.52. The number of benzene rings is 2. The van der Waals surface area contributed by atoms with Crippen LogP contribution < -0.4 is 5.32 Å². The van der Waals surface area contributed by atoms with E-state index in [4.69, 9.17) is 0 Å². The highest BCUT2D eigenvalue weighted by atomic mass is 19.1. The van der Waals surface area contributed by atoms with Crippen LogP contribution in [0.4, 0.5) is 10.1 Å². The molecule has 0 atom stereocenters. The van der Waals surface area contributed by atoms with E-state index < -0.39 is 0 Å². The van der Waals surface area contributed by atoms with Crippen LogP contribution in [0, 0.1) is 26.6 Å². The molecule has 0 saturated carbocycles. The first-order valence-corrected chi connectivity index (χ1v) is 9.52. The zero-order chi connectivity index (χ0) is 19.7.